The van der Waals surface area contributed by atoms with Crippen LogP contribution in [0.15, 0.2) is 59.5 Å². The highest BCUT2D eigenvalue weighted by atomic mass is 32.2. The number of rotatable bonds is 12. The Kier molecular flexibility index (Phi) is 12.1. The van der Waals surface area contributed by atoms with Crippen molar-refractivity contribution < 1.29 is 22.7 Å². The molecule has 1 amide bonds. The third-order valence-electron chi connectivity index (χ3n) is 5.86. The van der Waals surface area contributed by atoms with Crippen molar-refractivity contribution in [3.05, 3.63) is 60.2 Å². The van der Waals surface area contributed by atoms with E-state index < -0.39 is 40.0 Å². The van der Waals surface area contributed by atoms with Gasteiger partial charge in [-0.25, -0.2) is 13.2 Å². The highest BCUT2D eigenvalue weighted by Crippen LogP contribution is 2.27. The largest absolute Gasteiger partial charge is 0.467 e. The third kappa shape index (κ3) is 7.80. The van der Waals surface area contributed by atoms with Crippen LogP contribution < -0.4 is 11.1 Å². The summed E-state index contributed by atoms with van der Waals surface area (Å²) in [7, 11) is -2.74. The lowest BCUT2D eigenvalue weighted by Crippen LogP contribution is -2.58. The number of carbonyl (C=O) groups is 2. The topological polar surface area (TPSA) is 119 Å². The van der Waals surface area contributed by atoms with Crippen molar-refractivity contribution in [2.75, 3.05) is 12.8 Å². The molecule has 0 aromatic heterocycles. The van der Waals surface area contributed by atoms with Gasteiger partial charge in [0, 0.05) is 18.2 Å². The normalized spacial score (nSPS) is 14.0. The van der Waals surface area contributed by atoms with Gasteiger partial charge in [0.1, 0.15) is 12.1 Å². The predicted molar refractivity (Wildman–Crippen MR) is 144 cm³/mol. The molecule has 3 atom stereocenters. The minimum absolute atomic E-state index is 0. The summed E-state index contributed by atoms with van der Waals surface area (Å²) in [6.45, 7) is 7.36. The van der Waals surface area contributed by atoms with E-state index in [1.54, 1.807) is 63.2 Å². The third-order valence-corrected chi connectivity index (χ3v) is 7.87. The van der Waals surface area contributed by atoms with Crippen molar-refractivity contribution in [3.8, 4) is 0 Å². The number of hydrogen-bond donors (Lipinski definition) is 2. The minimum atomic E-state index is -3.99. The van der Waals surface area contributed by atoms with E-state index in [-0.39, 0.29) is 24.7 Å². The molecule has 0 bridgehead atoms. The summed E-state index contributed by atoms with van der Waals surface area (Å²) in [5.74, 6) is -1.52. The number of nitrogens with one attached hydrogen (secondary N) is 1. The highest BCUT2D eigenvalue weighted by Gasteiger charge is 2.41. The molecule has 0 saturated heterocycles. The van der Waals surface area contributed by atoms with Gasteiger partial charge < -0.3 is 15.8 Å². The van der Waals surface area contributed by atoms with Crippen LogP contribution in [0, 0.1) is 5.92 Å². The standard InChI is InChI=1S/C26H37N3O5S.CH4/c1-6-10-19(4)29(35(32,33)22-11-8-7-9-12-22)24(18(2)3)25(30)28-23(26(31)34-5)17-20-13-15-21(27)16-14-20;/h7-9,11-16,18-19,23-24H,6,10,17,27H2,1-5H3,(H,28,30);1H4/t19?,23-,24-;/m0./s1. The smallest absolute Gasteiger partial charge is 0.328 e. The summed E-state index contributed by atoms with van der Waals surface area (Å²) in [5, 5.41) is 2.76. The van der Waals surface area contributed by atoms with E-state index in [4.69, 9.17) is 10.5 Å². The van der Waals surface area contributed by atoms with Crippen molar-refractivity contribution in [1.29, 1.82) is 0 Å². The lowest BCUT2D eigenvalue weighted by molar-refractivity contribution is -0.145. The zero-order chi connectivity index (χ0) is 26.2. The summed E-state index contributed by atoms with van der Waals surface area (Å²) in [6, 6.07) is 12.6. The molecule has 36 heavy (non-hydrogen) atoms. The van der Waals surface area contributed by atoms with E-state index in [0.29, 0.717) is 12.1 Å². The molecule has 0 radical (unpaired) electrons. The summed E-state index contributed by atoms with van der Waals surface area (Å²) >= 11 is 0. The number of sulfonamides is 1. The van der Waals surface area contributed by atoms with Gasteiger partial charge in [0.05, 0.1) is 12.0 Å². The van der Waals surface area contributed by atoms with Crippen molar-refractivity contribution in [2.24, 2.45) is 5.92 Å². The van der Waals surface area contributed by atoms with Gasteiger partial charge >= 0.3 is 5.97 Å². The number of amides is 1. The van der Waals surface area contributed by atoms with Gasteiger partial charge in [0.25, 0.3) is 0 Å². The van der Waals surface area contributed by atoms with Crippen LogP contribution in [0.1, 0.15) is 53.5 Å². The Morgan fingerprint density at radius 2 is 1.61 bits per heavy atom. The molecule has 0 heterocycles. The molecule has 0 spiro atoms. The van der Waals surface area contributed by atoms with Crippen LogP contribution in [0.5, 0.6) is 0 Å². The van der Waals surface area contributed by atoms with Gasteiger partial charge in [0.15, 0.2) is 0 Å². The number of ether oxygens (including phenoxy) is 1. The van der Waals surface area contributed by atoms with Crippen molar-refractivity contribution >= 4 is 27.6 Å². The maximum atomic E-state index is 13.7. The molecule has 9 heteroatoms. The van der Waals surface area contributed by atoms with Crippen LogP contribution in [0.4, 0.5) is 5.69 Å². The number of anilines is 1. The lowest BCUT2D eigenvalue weighted by Gasteiger charge is -2.37. The van der Waals surface area contributed by atoms with Crippen LogP contribution in [0.25, 0.3) is 0 Å². The number of nitrogen functional groups attached to an aromatic ring is 1. The van der Waals surface area contributed by atoms with E-state index in [0.717, 1.165) is 12.0 Å². The van der Waals surface area contributed by atoms with Crippen molar-refractivity contribution in [3.63, 3.8) is 0 Å². The average Bonchev–Trinajstić information content (AvgIpc) is 2.82. The molecule has 0 aliphatic heterocycles. The van der Waals surface area contributed by atoms with E-state index in [1.165, 1.54) is 23.5 Å². The van der Waals surface area contributed by atoms with Crippen LogP contribution in [0.3, 0.4) is 0 Å². The minimum Gasteiger partial charge on any atom is -0.467 e. The summed E-state index contributed by atoms with van der Waals surface area (Å²) in [6.07, 6.45) is 1.50. The predicted octanol–water partition coefficient (Wildman–Crippen LogP) is 4.01. The van der Waals surface area contributed by atoms with Gasteiger partial charge in [-0.2, -0.15) is 4.31 Å². The molecule has 0 fully saturated rings. The number of benzene rings is 2. The fraction of sp³-hybridized carbons (Fsp3) is 0.481. The van der Waals surface area contributed by atoms with Crippen LogP contribution in [-0.4, -0.2) is 49.8 Å². The Bertz CT molecular complexity index is 1070. The first-order chi connectivity index (χ1) is 16.5. The molecule has 200 valence electrons. The number of hydrogen-bond acceptors (Lipinski definition) is 6. The van der Waals surface area contributed by atoms with Crippen LogP contribution >= 0.6 is 0 Å². The first-order valence-corrected chi connectivity index (χ1v) is 13.3. The average molecular weight is 520 g/mol. The summed E-state index contributed by atoms with van der Waals surface area (Å²) in [4.78, 5) is 26.3. The Morgan fingerprint density at radius 1 is 1.03 bits per heavy atom. The van der Waals surface area contributed by atoms with Gasteiger partial charge in [-0.05, 0) is 49.1 Å². The molecule has 0 saturated carbocycles. The number of nitrogens with two attached hydrogens (primary N) is 1. The fourth-order valence-electron chi connectivity index (χ4n) is 4.11. The number of esters is 1. The van der Waals surface area contributed by atoms with Crippen molar-refractivity contribution in [1.82, 2.24) is 9.62 Å². The lowest BCUT2D eigenvalue weighted by atomic mass is 9.99. The van der Waals surface area contributed by atoms with E-state index in [2.05, 4.69) is 5.32 Å². The van der Waals surface area contributed by atoms with Gasteiger partial charge in [-0.3, -0.25) is 4.79 Å². The molecule has 3 N–H and O–H groups in total. The first-order valence-electron chi connectivity index (χ1n) is 11.8. The number of nitrogens with zero attached hydrogens (tertiary/aromatic N) is 1. The van der Waals surface area contributed by atoms with Gasteiger partial charge in [-0.1, -0.05) is 65.0 Å². The highest BCUT2D eigenvalue weighted by molar-refractivity contribution is 7.89. The maximum Gasteiger partial charge on any atom is 0.328 e. The van der Waals surface area contributed by atoms with E-state index in [9.17, 15) is 18.0 Å². The number of methoxy groups -OCH3 is 1. The first kappa shape index (κ1) is 31.1. The van der Waals surface area contributed by atoms with Gasteiger partial charge in [0.2, 0.25) is 15.9 Å². The summed E-state index contributed by atoms with van der Waals surface area (Å²) < 4.78 is 33.7. The summed E-state index contributed by atoms with van der Waals surface area (Å²) in [5.41, 5.74) is 7.11. The molecule has 2 rings (SSSR count). The molecule has 1 unspecified atom stereocenters. The molecule has 8 nitrogen and oxygen atoms in total. The maximum absolute atomic E-state index is 13.7. The van der Waals surface area contributed by atoms with Crippen molar-refractivity contribution in [2.45, 2.75) is 77.4 Å². The Morgan fingerprint density at radius 3 is 2.11 bits per heavy atom. The number of carbonyl (C=O) groups excluding carboxylic acids is 2. The Labute approximate surface area is 216 Å². The van der Waals surface area contributed by atoms with E-state index >= 15 is 0 Å². The molecule has 0 aliphatic carbocycles. The Hall–Kier alpha value is -2.91. The zero-order valence-electron chi connectivity index (χ0n) is 21.1. The molecule has 2 aromatic carbocycles. The molecule has 2 aromatic rings. The second-order valence-corrected chi connectivity index (χ2v) is 10.8. The van der Waals surface area contributed by atoms with Crippen LogP contribution in [-0.2, 0) is 30.8 Å². The quantitative estimate of drug-likeness (QED) is 0.323. The second-order valence-electron chi connectivity index (χ2n) is 9.00. The fourth-order valence-corrected chi connectivity index (χ4v) is 6.08. The Balaban J connectivity index is 0.00000648. The second kappa shape index (κ2) is 14.0. The monoisotopic (exact) mass is 519 g/mol. The van der Waals surface area contributed by atoms with E-state index in [1.807, 2.05) is 6.92 Å². The molecular weight excluding hydrogens is 478 g/mol. The zero-order valence-corrected chi connectivity index (χ0v) is 21.9. The molecular formula is C27H41N3O5S. The molecule has 0 aliphatic rings. The SMILES string of the molecule is C.CCCC(C)N([C@H](C(=O)N[C@@H](Cc1ccc(N)cc1)C(=O)OC)C(C)C)S(=O)(=O)c1ccccc1. The van der Waals surface area contributed by atoms with Crippen LogP contribution in [0.2, 0.25) is 0 Å². The van der Waals surface area contributed by atoms with Gasteiger partial charge in [-0.15, -0.1) is 0 Å².